The Bertz CT molecular complexity index is 564. The van der Waals surface area contributed by atoms with Crippen LogP contribution in [-0.4, -0.2) is 48.0 Å². The number of benzene rings is 1. The quantitative estimate of drug-likeness (QED) is 0.840. The van der Waals surface area contributed by atoms with E-state index in [1.54, 1.807) is 0 Å². The molecule has 0 atom stereocenters. The Balaban J connectivity index is 1.73. The Morgan fingerprint density at radius 3 is 2.74 bits per heavy atom. The smallest absolute Gasteiger partial charge is 0.222 e. The molecule has 1 aliphatic carbocycles. The highest BCUT2D eigenvalue weighted by Gasteiger charge is 2.41. The Labute approximate surface area is 139 Å². The van der Waals surface area contributed by atoms with E-state index >= 15 is 0 Å². The largest absolute Gasteiger partial charge is 0.486 e. The van der Waals surface area contributed by atoms with Crippen LogP contribution in [0.3, 0.4) is 0 Å². The minimum atomic E-state index is -0.103. The molecule has 0 unspecified atom stereocenters. The molecule has 4 heteroatoms. The van der Waals surface area contributed by atoms with Crippen molar-refractivity contribution in [2.45, 2.75) is 57.2 Å². The molecule has 126 valence electrons. The van der Waals surface area contributed by atoms with Crippen LogP contribution in [-0.2, 0) is 11.3 Å². The maximum absolute atomic E-state index is 11.9. The van der Waals surface area contributed by atoms with Gasteiger partial charge in [-0.15, -0.1) is 0 Å². The second-order valence-corrected chi connectivity index (χ2v) is 7.15. The molecule has 2 aliphatic rings. The summed E-state index contributed by atoms with van der Waals surface area (Å²) in [6.45, 7) is 3.83. The average molecular weight is 316 g/mol. The van der Waals surface area contributed by atoms with E-state index in [1.807, 2.05) is 18.9 Å². The summed E-state index contributed by atoms with van der Waals surface area (Å²) < 4.78 is 6.53. The van der Waals surface area contributed by atoms with Crippen molar-refractivity contribution in [3.63, 3.8) is 0 Å². The van der Waals surface area contributed by atoms with Gasteiger partial charge in [0, 0.05) is 38.2 Å². The first-order chi connectivity index (χ1) is 11.0. The second kappa shape index (κ2) is 6.52. The molecular weight excluding hydrogens is 288 g/mol. The Morgan fingerprint density at radius 1 is 1.35 bits per heavy atom. The summed E-state index contributed by atoms with van der Waals surface area (Å²) in [5.74, 6) is 1.28. The molecule has 0 bridgehead atoms. The summed E-state index contributed by atoms with van der Waals surface area (Å²) in [5, 5.41) is 0. The molecule has 0 saturated heterocycles. The lowest BCUT2D eigenvalue weighted by Gasteiger charge is -2.43. The first-order valence-corrected chi connectivity index (χ1v) is 8.74. The van der Waals surface area contributed by atoms with Crippen molar-refractivity contribution < 1.29 is 9.53 Å². The van der Waals surface area contributed by atoms with Crippen LogP contribution in [0, 0.1) is 0 Å². The van der Waals surface area contributed by atoms with Crippen molar-refractivity contribution in [1.29, 1.82) is 0 Å². The van der Waals surface area contributed by atoms with Crippen LogP contribution in [0.4, 0.5) is 0 Å². The number of ether oxygens (including phenoxy) is 1. The zero-order chi connectivity index (χ0) is 16.4. The number of nitrogens with zero attached hydrogens (tertiary/aromatic N) is 2. The van der Waals surface area contributed by atoms with Crippen molar-refractivity contribution in [1.82, 2.24) is 9.80 Å². The summed E-state index contributed by atoms with van der Waals surface area (Å²) in [7, 11) is 4.12. The van der Waals surface area contributed by atoms with Gasteiger partial charge in [0.2, 0.25) is 5.91 Å². The monoisotopic (exact) mass is 316 g/mol. The van der Waals surface area contributed by atoms with Crippen LogP contribution in [0.5, 0.6) is 5.75 Å². The molecule has 1 heterocycles. The molecule has 1 aromatic rings. The van der Waals surface area contributed by atoms with E-state index in [1.165, 1.54) is 5.56 Å². The molecule has 3 rings (SSSR count). The van der Waals surface area contributed by atoms with Crippen molar-refractivity contribution in [3.05, 3.63) is 29.8 Å². The number of fused-ring (bicyclic) bond motifs is 1. The highest BCUT2D eigenvalue weighted by Crippen LogP contribution is 2.38. The van der Waals surface area contributed by atoms with Gasteiger partial charge in [-0.25, -0.2) is 0 Å². The number of hydrogen-bond donors (Lipinski definition) is 0. The van der Waals surface area contributed by atoms with E-state index in [2.05, 4.69) is 36.2 Å². The fourth-order valence-electron chi connectivity index (χ4n) is 4.07. The molecule has 0 N–H and O–H groups in total. The summed E-state index contributed by atoms with van der Waals surface area (Å²) in [6.07, 6.45) is 4.66. The number of carbonyl (C=O) groups excluding carboxylic acids is 1. The van der Waals surface area contributed by atoms with Gasteiger partial charge in [-0.1, -0.05) is 25.1 Å². The van der Waals surface area contributed by atoms with Crippen molar-refractivity contribution >= 4 is 5.91 Å². The lowest BCUT2D eigenvalue weighted by Crippen LogP contribution is -2.51. The predicted octanol–water partition coefficient (Wildman–Crippen LogP) is 3.06. The molecule has 4 nitrogen and oxygen atoms in total. The minimum Gasteiger partial charge on any atom is -0.486 e. The summed E-state index contributed by atoms with van der Waals surface area (Å²) in [4.78, 5) is 16.2. The van der Waals surface area contributed by atoms with Gasteiger partial charge in [0.1, 0.15) is 11.4 Å². The number of carbonyl (C=O) groups is 1. The van der Waals surface area contributed by atoms with Gasteiger partial charge in [0.05, 0.1) is 0 Å². The summed E-state index contributed by atoms with van der Waals surface area (Å²) in [6, 6.07) is 8.74. The normalized spacial score (nSPS) is 27.9. The van der Waals surface area contributed by atoms with Crippen molar-refractivity contribution in [2.24, 2.45) is 0 Å². The molecule has 1 amide bonds. The standard InChI is InChI=1S/C19H28N2O2/c1-4-18(22)21(3)16-9-11-19(12-10-16)14-20(2)13-15-7-5-6-8-17(15)23-19/h5-8,16H,4,9-14H2,1-3H3. The Hall–Kier alpha value is -1.55. The first kappa shape index (κ1) is 16.3. The lowest BCUT2D eigenvalue weighted by molar-refractivity contribution is -0.133. The topological polar surface area (TPSA) is 32.8 Å². The van der Waals surface area contributed by atoms with Gasteiger partial charge in [0.15, 0.2) is 0 Å². The maximum atomic E-state index is 11.9. The molecular formula is C19H28N2O2. The third kappa shape index (κ3) is 3.37. The first-order valence-electron chi connectivity index (χ1n) is 8.74. The second-order valence-electron chi connectivity index (χ2n) is 7.15. The van der Waals surface area contributed by atoms with Crippen LogP contribution in [0.25, 0.3) is 0 Å². The summed E-state index contributed by atoms with van der Waals surface area (Å²) in [5.41, 5.74) is 1.17. The predicted molar refractivity (Wildman–Crippen MR) is 91.5 cm³/mol. The lowest BCUT2D eigenvalue weighted by atomic mass is 9.81. The molecule has 1 aliphatic heterocycles. The highest BCUT2D eigenvalue weighted by atomic mass is 16.5. The van der Waals surface area contributed by atoms with Gasteiger partial charge >= 0.3 is 0 Å². The minimum absolute atomic E-state index is 0.103. The zero-order valence-corrected chi connectivity index (χ0v) is 14.5. The average Bonchev–Trinajstić information content (AvgIpc) is 2.69. The summed E-state index contributed by atoms with van der Waals surface area (Å²) >= 11 is 0. The van der Waals surface area contributed by atoms with Crippen molar-refractivity contribution in [2.75, 3.05) is 20.6 Å². The number of hydrogen-bond acceptors (Lipinski definition) is 3. The Morgan fingerprint density at radius 2 is 2.04 bits per heavy atom. The van der Waals surface area contributed by atoms with E-state index in [-0.39, 0.29) is 11.5 Å². The SMILES string of the molecule is CCC(=O)N(C)C1CCC2(CC1)CN(C)Cc1ccccc1O2. The number of para-hydroxylation sites is 1. The molecule has 1 saturated carbocycles. The van der Waals surface area contributed by atoms with Gasteiger partial charge in [0.25, 0.3) is 0 Å². The van der Waals surface area contributed by atoms with Crippen LogP contribution in [0.2, 0.25) is 0 Å². The van der Waals surface area contributed by atoms with E-state index in [0.717, 1.165) is 44.5 Å². The Kier molecular flexibility index (Phi) is 4.62. The van der Waals surface area contributed by atoms with E-state index in [4.69, 9.17) is 4.74 Å². The van der Waals surface area contributed by atoms with Crippen LogP contribution in [0.15, 0.2) is 24.3 Å². The number of likely N-dealkylation sites (N-methyl/N-ethyl adjacent to an activating group) is 1. The molecule has 0 aromatic heterocycles. The molecule has 23 heavy (non-hydrogen) atoms. The van der Waals surface area contributed by atoms with Crippen LogP contribution in [0.1, 0.15) is 44.6 Å². The van der Waals surface area contributed by atoms with Gasteiger partial charge in [-0.2, -0.15) is 0 Å². The maximum Gasteiger partial charge on any atom is 0.222 e. The van der Waals surface area contributed by atoms with Gasteiger partial charge < -0.3 is 9.64 Å². The molecule has 1 spiro atoms. The zero-order valence-electron chi connectivity index (χ0n) is 14.5. The van der Waals surface area contributed by atoms with Gasteiger partial charge in [-0.05, 0) is 38.8 Å². The third-order valence-electron chi connectivity index (χ3n) is 5.41. The highest BCUT2D eigenvalue weighted by molar-refractivity contribution is 5.75. The van der Waals surface area contributed by atoms with Gasteiger partial charge in [-0.3, -0.25) is 9.69 Å². The third-order valence-corrected chi connectivity index (χ3v) is 5.41. The fraction of sp³-hybridized carbons (Fsp3) is 0.632. The number of rotatable bonds is 2. The number of amides is 1. The van der Waals surface area contributed by atoms with E-state index in [0.29, 0.717) is 12.5 Å². The fourth-order valence-corrected chi connectivity index (χ4v) is 4.07. The van der Waals surface area contributed by atoms with E-state index < -0.39 is 0 Å². The van der Waals surface area contributed by atoms with Crippen LogP contribution >= 0.6 is 0 Å². The molecule has 1 fully saturated rings. The molecule has 0 radical (unpaired) electrons. The van der Waals surface area contributed by atoms with Crippen LogP contribution < -0.4 is 4.74 Å². The van der Waals surface area contributed by atoms with Crippen molar-refractivity contribution in [3.8, 4) is 5.75 Å². The van der Waals surface area contributed by atoms with E-state index in [9.17, 15) is 4.79 Å². The molecule has 1 aromatic carbocycles.